The first-order chi connectivity index (χ1) is 16.0. The molecule has 0 spiro atoms. The molecule has 1 heterocycles. The molecule has 2 atom stereocenters. The summed E-state index contributed by atoms with van der Waals surface area (Å²) in [7, 11) is 0. The summed E-state index contributed by atoms with van der Waals surface area (Å²) < 4.78 is 33.0. The van der Waals surface area contributed by atoms with Crippen molar-refractivity contribution in [1.29, 1.82) is 0 Å². The molecule has 7 heteroatoms. The molecule has 1 aliphatic rings. The van der Waals surface area contributed by atoms with Crippen molar-refractivity contribution in [2.75, 3.05) is 19.8 Å². The molecule has 1 fully saturated rings. The fourth-order valence-electron chi connectivity index (χ4n) is 4.54. The van der Waals surface area contributed by atoms with E-state index in [1.54, 1.807) is 0 Å². The van der Waals surface area contributed by atoms with Crippen molar-refractivity contribution < 1.29 is 24.8 Å². The van der Waals surface area contributed by atoms with Crippen molar-refractivity contribution in [1.82, 2.24) is 10.6 Å². The minimum absolute atomic E-state index is 0. The van der Waals surface area contributed by atoms with E-state index < -0.39 is 23.8 Å². The molecule has 34 heavy (non-hydrogen) atoms. The average molecular weight is 477 g/mol. The van der Waals surface area contributed by atoms with Crippen molar-refractivity contribution in [2.45, 2.75) is 70.1 Å². The SMILES string of the molecule is CC(=O)NC(Cc1cc(F)cc(F)c1)C(O)CNC1(c2cccc(C(C)(C)C)c2)CCOCC1.[HH]. The van der Waals surface area contributed by atoms with Gasteiger partial charge in [0.15, 0.2) is 0 Å². The van der Waals surface area contributed by atoms with Crippen LogP contribution in [-0.2, 0) is 26.9 Å². The van der Waals surface area contributed by atoms with Gasteiger partial charge >= 0.3 is 0 Å². The molecule has 0 radical (unpaired) electrons. The van der Waals surface area contributed by atoms with Gasteiger partial charge in [-0.3, -0.25) is 4.79 Å². The molecule has 1 amide bonds. The second-order valence-corrected chi connectivity index (χ2v) is 10.3. The van der Waals surface area contributed by atoms with Crippen LogP contribution < -0.4 is 10.6 Å². The summed E-state index contributed by atoms with van der Waals surface area (Å²) in [4.78, 5) is 11.8. The molecule has 3 rings (SSSR count). The minimum Gasteiger partial charge on any atom is -0.390 e. The van der Waals surface area contributed by atoms with E-state index in [0.29, 0.717) is 18.8 Å². The highest BCUT2D eigenvalue weighted by atomic mass is 19.1. The monoisotopic (exact) mass is 476 g/mol. The van der Waals surface area contributed by atoms with E-state index in [9.17, 15) is 18.7 Å². The number of benzene rings is 2. The van der Waals surface area contributed by atoms with E-state index in [4.69, 9.17) is 4.74 Å². The first-order valence-corrected chi connectivity index (χ1v) is 11.8. The van der Waals surface area contributed by atoms with Gasteiger partial charge in [0.2, 0.25) is 5.91 Å². The molecule has 3 N–H and O–H groups in total. The maximum Gasteiger partial charge on any atom is 0.217 e. The van der Waals surface area contributed by atoms with Crippen LogP contribution in [0.4, 0.5) is 8.78 Å². The third-order valence-corrected chi connectivity index (χ3v) is 6.51. The molecule has 0 bridgehead atoms. The van der Waals surface area contributed by atoms with Gasteiger partial charge in [0, 0.05) is 39.7 Å². The van der Waals surface area contributed by atoms with E-state index in [0.717, 1.165) is 24.5 Å². The Labute approximate surface area is 202 Å². The van der Waals surface area contributed by atoms with Crippen LogP contribution in [0.25, 0.3) is 0 Å². The molecule has 188 valence electrons. The highest BCUT2D eigenvalue weighted by Crippen LogP contribution is 2.34. The highest BCUT2D eigenvalue weighted by molar-refractivity contribution is 5.73. The number of nitrogens with one attached hydrogen (secondary N) is 2. The second kappa shape index (κ2) is 10.9. The van der Waals surface area contributed by atoms with E-state index in [1.807, 2.05) is 0 Å². The average Bonchev–Trinajstić information content (AvgIpc) is 2.76. The van der Waals surface area contributed by atoms with Crippen molar-refractivity contribution in [3.8, 4) is 0 Å². The third-order valence-electron chi connectivity index (χ3n) is 6.51. The molecule has 1 aliphatic heterocycles. The van der Waals surface area contributed by atoms with Crippen LogP contribution in [0.1, 0.15) is 58.7 Å². The number of aliphatic hydroxyl groups excluding tert-OH is 1. The quantitative estimate of drug-likeness (QED) is 0.534. The zero-order chi connectivity index (χ0) is 24.9. The molecule has 1 saturated heterocycles. The number of hydrogen-bond acceptors (Lipinski definition) is 4. The largest absolute Gasteiger partial charge is 0.390 e. The minimum atomic E-state index is -0.972. The number of carbonyl (C=O) groups excluding carboxylic acids is 1. The summed E-state index contributed by atoms with van der Waals surface area (Å²) in [6.07, 6.45) is 0.619. The van der Waals surface area contributed by atoms with Gasteiger partial charge < -0.3 is 20.5 Å². The summed E-state index contributed by atoms with van der Waals surface area (Å²) in [5, 5.41) is 17.3. The van der Waals surface area contributed by atoms with Crippen LogP contribution in [0.15, 0.2) is 42.5 Å². The maximum atomic E-state index is 13.7. The van der Waals surface area contributed by atoms with Gasteiger partial charge in [-0.15, -0.1) is 0 Å². The predicted octanol–water partition coefficient (Wildman–Crippen LogP) is 4.21. The first-order valence-electron chi connectivity index (χ1n) is 11.8. The zero-order valence-electron chi connectivity index (χ0n) is 20.5. The number of amides is 1. The van der Waals surface area contributed by atoms with Crippen LogP contribution >= 0.6 is 0 Å². The Morgan fingerprint density at radius 3 is 2.38 bits per heavy atom. The smallest absolute Gasteiger partial charge is 0.217 e. The normalized spacial score (nSPS) is 17.7. The molecule has 2 aromatic carbocycles. The van der Waals surface area contributed by atoms with Crippen molar-refractivity contribution in [3.63, 3.8) is 0 Å². The van der Waals surface area contributed by atoms with E-state index in [2.05, 4.69) is 55.7 Å². The highest BCUT2D eigenvalue weighted by Gasteiger charge is 2.36. The molecule has 0 saturated carbocycles. The van der Waals surface area contributed by atoms with Gasteiger partial charge in [-0.1, -0.05) is 45.0 Å². The van der Waals surface area contributed by atoms with Gasteiger partial charge in [-0.05, 0) is 53.5 Å². The number of halogens is 2. The number of carbonyl (C=O) groups is 1. The number of aliphatic hydroxyl groups is 1. The lowest BCUT2D eigenvalue weighted by Crippen LogP contribution is -2.54. The molecule has 2 aromatic rings. The number of rotatable bonds is 8. The van der Waals surface area contributed by atoms with Crippen LogP contribution in [-0.4, -0.2) is 42.9 Å². The topological polar surface area (TPSA) is 70.6 Å². The molecule has 2 unspecified atom stereocenters. The summed E-state index contributed by atoms with van der Waals surface area (Å²) >= 11 is 0. The molecule has 0 aliphatic carbocycles. The Hall–Kier alpha value is -2.35. The van der Waals surface area contributed by atoms with Gasteiger partial charge in [0.1, 0.15) is 11.6 Å². The lowest BCUT2D eigenvalue weighted by molar-refractivity contribution is -0.120. The van der Waals surface area contributed by atoms with Crippen LogP contribution in [0.2, 0.25) is 0 Å². The Kier molecular flexibility index (Phi) is 8.44. The van der Waals surface area contributed by atoms with Gasteiger partial charge in [0.05, 0.1) is 12.1 Å². The van der Waals surface area contributed by atoms with Crippen LogP contribution in [0.5, 0.6) is 0 Å². The molecule has 5 nitrogen and oxygen atoms in total. The number of hydrogen-bond donors (Lipinski definition) is 3. The Bertz CT molecular complexity index is 970. The lowest BCUT2D eigenvalue weighted by atomic mass is 9.78. The van der Waals surface area contributed by atoms with Crippen molar-refractivity contribution in [2.24, 2.45) is 0 Å². The van der Waals surface area contributed by atoms with Crippen LogP contribution in [0.3, 0.4) is 0 Å². The van der Waals surface area contributed by atoms with Crippen molar-refractivity contribution >= 4 is 5.91 Å². The predicted molar refractivity (Wildman–Crippen MR) is 131 cm³/mol. The Morgan fingerprint density at radius 1 is 1.15 bits per heavy atom. The standard InChI is InChI=1S/C27H36F2N2O3.H2/c1-18(32)31-24(14-19-12-22(28)16-23(29)13-19)25(33)17-30-27(8-10-34-11-9-27)21-7-5-6-20(15-21)26(2,3)4;/h5-7,12-13,15-16,24-25,30,33H,8-11,14,17H2,1-4H3,(H,31,32);1H. The van der Waals surface area contributed by atoms with E-state index in [1.165, 1.54) is 24.6 Å². The van der Waals surface area contributed by atoms with Crippen LogP contribution in [0, 0.1) is 11.6 Å². The molecule has 0 aromatic heterocycles. The summed E-state index contributed by atoms with van der Waals surface area (Å²) in [6, 6.07) is 11.0. The third kappa shape index (κ3) is 6.84. The van der Waals surface area contributed by atoms with Gasteiger partial charge in [-0.25, -0.2) is 8.78 Å². The first kappa shape index (κ1) is 26.3. The number of ether oxygens (including phenoxy) is 1. The maximum absolute atomic E-state index is 13.7. The fourth-order valence-corrected chi connectivity index (χ4v) is 4.54. The summed E-state index contributed by atoms with van der Waals surface area (Å²) in [5.41, 5.74) is 2.35. The summed E-state index contributed by atoms with van der Waals surface area (Å²) in [6.45, 7) is 9.27. The van der Waals surface area contributed by atoms with E-state index >= 15 is 0 Å². The zero-order valence-corrected chi connectivity index (χ0v) is 20.5. The van der Waals surface area contributed by atoms with Gasteiger partial charge in [-0.2, -0.15) is 0 Å². The molecular formula is C27H38F2N2O3. The van der Waals surface area contributed by atoms with E-state index in [-0.39, 0.29) is 31.3 Å². The Balaban J connectivity index is 0.00000432. The fraction of sp³-hybridized carbons (Fsp3) is 0.519. The molecular weight excluding hydrogens is 438 g/mol. The second-order valence-electron chi connectivity index (χ2n) is 10.3. The lowest BCUT2D eigenvalue weighted by Gasteiger charge is -2.40. The Morgan fingerprint density at radius 2 is 1.79 bits per heavy atom. The summed E-state index contributed by atoms with van der Waals surface area (Å²) in [5.74, 6) is -1.70. The van der Waals surface area contributed by atoms with Gasteiger partial charge in [0.25, 0.3) is 0 Å². The van der Waals surface area contributed by atoms with Crippen molar-refractivity contribution in [3.05, 3.63) is 70.8 Å².